The molecule has 0 unspecified atom stereocenters. The standard InChI is InChI=1S/C11H17N3O.2ClH/c1-3-12-4-5-14-11(15)10-6-9(2)7-13-8-10;;/h6-8,12H,3-5H2,1-2H3,(H,14,15);2*1H. The largest absolute Gasteiger partial charge is 0.351 e. The lowest BCUT2D eigenvalue weighted by Crippen LogP contribution is -2.31. The lowest BCUT2D eigenvalue weighted by atomic mass is 10.2. The van der Waals surface area contributed by atoms with Gasteiger partial charge in [0.15, 0.2) is 0 Å². The molecule has 0 aromatic carbocycles. The van der Waals surface area contributed by atoms with Gasteiger partial charge in [-0.3, -0.25) is 9.78 Å². The van der Waals surface area contributed by atoms with E-state index in [0.29, 0.717) is 12.1 Å². The Hall–Kier alpha value is -0.840. The number of aromatic nitrogens is 1. The van der Waals surface area contributed by atoms with Gasteiger partial charge in [0.25, 0.3) is 5.91 Å². The van der Waals surface area contributed by atoms with E-state index >= 15 is 0 Å². The minimum atomic E-state index is -0.0656. The van der Waals surface area contributed by atoms with Crippen molar-refractivity contribution in [2.75, 3.05) is 19.6 Å². The SMILES string of the molecule is CCNCCNC(=O)c1cncc(C)c1.Cl.Cl. The number of halogens is 2. The summed E-state index contributed by atoms with van der Waals surface area (Å²) >= 11 is 0. The van der Waals surface area contributed by atoms with Gasteiger partial charge in [-0.15, -0.1) is 24.8 Å². The molecule has 1 rings (SSSR count). The molecular weight excluding hydrogens is 261 g/mol. The molecule has 0 bridgehead atoms. The first kappa shape index (κ1) is 18.5. The first-order valence-corrected chi connectivity index (χ1v) is 5.14. The number of nitrogens with zero attached hydrogens (tertiary/aromatic N) is 1. The molecular formula is C11H19Cl2N3O. The minimum absolute atomic E-state index is 0. The fourth-order valence-electron chi connectivity index (χ4n) is 1.22. The summed E-state index contributed by atoms with van der Waals surface area (Å²) in [5, 5.41) is 5.96. The van der Waals surface area contributed by atoms with E-state index in [9.17, 15) is 4.79 Å². The molecule has 1 aromatic rings. The van der Waals surface area contributed by atoms with Gasteiger partial charge in [0.2, 0.25) is 0 Å². The maximum atomic E-state index is 11.6. The zero-order chi connectivity index (χ0) is 11.1. The Labute approximate surface area is 114 Å². The van der Waals surface area contributed by atoms with Crippen LogP contribution in [0, 0.1) is 6.92 Å². The van der Waals surface area contributed by atoms with E-state index in [1.807, 2.05) is 19.9 Å². The molecule has 0 atom stereocenters. The molecule has 0 aliphatic carbocycles. The highest BCUT2D eigenvalue weighted by Crippen LogP contribution is 2.00. The van der Waals surface area contributed by atoms with Crippen molar-refractivity contribution in [3.05, 3.63) is 29.6 Å². The molecule has 0 radical (unpaired) electrons. The third kappa shape index (κ3) is 7.15. The van der Waals surface area contributed by atoms with Crippen LogP contribution in [-0.4, -0.2) is 30.5 Å². The molecule has 17 heavy (non-hydrogen) atoms. The molecule has 4 nitrogen and oxygen atoms in total. The Bertz CT molecular complexity index is 334. The Morgan fingerprint density at radius 3 is 2.59 bits per heavy atom. The monoisotopic (exact) mass is 279 g/mol. The van der Waals surface area contributed by atoms with Crippen molar-refractivity contribution in [1.82, 2.24) is 15.6 Å². The highest BCUT2D eigenvalue weighted by molar-refractivity contribution is 5.93. The van der Waals surface area contributed by atoms with E-state index in [1.54, 1.807) is 12.4 Å². The second kappa shape index (κ2) is 10.3. The predicted molar refractivity (Wildman–Crippen MR) is 74.3 cm³/mol. The maximum absolute atomic E-state index is 11.6. The summed E-state index contributed by atoms with van der Waals surface area (Å²) in [7, 11) is 0. The predicted octanol–water partition coefficient (Wildman–Crippen LogP) is 1.57. The molecule has 1 heterocycles. The summed E-state index contributed by atoms with van der Waals surface area (Å²) in [5.74, 6) is -0.0656. The summed E-state index contributed by atoms with van der Waals surface area (Å²) in [6.07, 6.45) is 3.31. The number of likely N-dealkylation sites (N-methyl/N-ethyl adjacent to an activating group) is 1. The summed E-state index contributed by atoms with van der Waals surface area (Å²) in [5.41, 5.74) is 1.61. The summed E-state index contributed by atoms with van der Waals surface area (Å²) < 4.78 is 0. The number of nitrogens with one attached hydrogen (secondary N) is 2. The first-order valence-electron chi connectivity index (χ1n) is 5.14. The van der Waals surface area contributed by atoms with E-state index in [2.05, 4.69) is 15.6 Å². The molecule has 0 saturated carbocycles. The van der Waals surface area contributed by atoms with Crippen LogP contribution in [-0.2, 0) is 0 Å². The Morgan fingerprint density at radius 2 is 2.00 bits per heavy atom. The third-order valence-corrected chi connectivity index (χ3v) is 1.97. The maximum Gasteiger partial charge on any atom is 0.252 e. The lowest BCUT2D eigenvalue weighted by molar-refractivity contribution is 0.0953. The number of amides is 1. The van der Waals surface area contributed by atoms with Crippen molar-refractivity contribution in [2.24, 2.45) is 0 Å². The van der Waals surface area contributed by atoms with Gasteiger partial charge in [0, 0.05) is 25.5 Å². The van der Waals surface area contributed by atoms with Crippen molar-refractivity contribution in [2.45, 2.75) is 13.8 Å². The summed E-state index contributed by atoms with van der Waals surface area (Å²) in [6.45, 7) is 6.30. The van der Waals surface area contributed by atoms with Crippen LogP contribution < -0.4 is 10.6 Å². The second-order valence-corrected chi connectivity index (χ2v) is 3.36. The normalized spacial score (nSPS) is 8.82. The van der Waals surface area contributed by atoms with E-state index < -0.39 is 0 Å². The van der Waals surface area contributed by atoms with Crippen molar-refractivity contribution in [1.29, 1.82) is 0 Å². The van der Waals surface area contributed by atoms with Gasteiger partial charge in [-0.05, 0) is 25.1 Å². The number of pyridine rings is 1. The van der Waals surface area contributed by atoms with Crippen LogP contribution in [0.5, 0.6) is 0 Å². The number of hydrogen-bond donors (Lipinski definition) is 2. The van der Waals surface area contributed by atoms with Gasteiger partial charge < -0.3 is 10.6 Å². The van der Waals surface area contributed by atoms with Crippen LogP contribution in [0.4, 0.5) is 0 Å². The number of carbonyl (C=O) groups is 1. The molecule has 0 spiro atoms. The highest BCUT2D eigenvalue weighted by Gasteiger charge is 2.04. The zero-order valence-corrected chi connectivity index (χ0v) is 11.7. The molecule has 0 aliphatic heterocycles. The molecule has 2 N–H and O–H groups in total. The van der Waals surface area contributed by atoms with Crippen LogP contribution >= 0.6 is 24.8 Å². The van der Waals surface area contributed by atoms with Crippen molar-refractivity contribution >= 4 is 30.7 Å². The molecule has 98 valence electrons. The van der Waals surface area contributed by atoms with Gasteiger partial charge >= 0.3 is 0 Å². The van der Waals surface area contributed by atoms with E-state index in [0.717, 1.165) is 18.7 Å². The van der Waals surface area contributed by atoms with Gasteiger partial charge in [-0.1, -0.05) is 6.92 Å². The molecule has 0 saturated heterocycles. The topological polar surface area (TPSA) is 54.0 Å². The highest BCUT2D eigenvalue weighted by atomic mass is 35.5. The van der Waals surface area contributed by atoms with E-state index in [4.69, 9.17) is 0 Å². The summed E-state index contributed by atoms with van der Waals surface area (Å²) in [6, 6.07) is 1.83. The average molecular weight is 280 g/mol. The van der Waals surface area contributed by atoms with Crippen LogP contribution in [0.3, 0.4) is 0 Å². The Kier molecular flexibility index (Phi) is 11.2. The van der Waals surface area contributed by atoms with E-state index in [-0.39, 0.29) is 30.7 Å². The van der Waals surface area contributed by atoms with Crippen LogP contribution in [0.25, 0.3) is 0 Å². The molecule has 1 aromatic heterocycles. The zero-order valence-electron chi connectivity index (χ0n) is 10.0. The minimum Gasteiger partial charge on any atom is -0.351 e. The van der Waals surface area contributed by atoms with Crippen molar-refractivity contribution in [3.8, 4) is 0 Å². The molecule has 0 fully saturated rings. The van der Waals surface area contributed by atoms with Gasteiger partial charge in [0.1, 0.15) is 0 Å². The molecule has 6 heteroatoms. The third-order valence-electron chi connectivity index (χ3n) is 1.97. The number of hydrogen-bond acceptors (Lipinski definition) is 3. The Morgan fingerprint density at radius 1 is 1.29 bits per heavy atom. The smallest absolute Gasteiger partial charge is 0.252 e. The average Bonchev–Trinajstić information content (AvgIpc) is 2.24. The van der Waals surface area contributed by atoms with Crippen molar-refractivity contribution in [3.63, 3.8) is 0 Å². The quantitative estimate of drug-likeness (QED) is 0.805. The van der Waals surface area contributed by atoms with Crippen molar-refractivity contribution < 1.29 is 4.79 Å². The second-order valence-electron chi connectivity index (χ2n) is 3.36. The fraction of sp³-hybridized carbons (Fsp3) is 0.455. The lowest BCUT2D eigenvalue weighted by Gasteiger charge is -2.05. The van der Waals surface area contributed by atoms with Gasteiger partial charge in [0.05, 0.1) is 5.56 Å². The number of rotatable bonds is 5. The number of carbonyl (C=O) groups excluding carboxylic acids is 1. The first-order chi connectivity index (χ1) is 7.24. The molecule has 0 aliphatic rings. The van der Waals surface area contributed by atoms with Gasteiger partial charge in [-0.2, -0.15) is 0 Å². The van der Waals surface area contributed by atoms with Crippen LogP contribution in [0.2, 0.25) is 0 Å². The fourth-order valence-corrected chi connectivity index (χ4v) is 1.22. The van der Waals surface area contributed by atoms with Crippen LogP contribution in [0.15, 0.2) is 18.5 Å². The molecule has 1 amide bonds. The van der Waals surface area contributed by atoms with Crippen LogP contribution in [0.1, 0.15) is 22.8 Å². The number of aryl methyl sites for hydroxylation is 1. The summed E-state index contributed by atoms with van der Waals surface area (Å²) in [4.78, 5) is 15.6. The van der Waals surface area contributed by atoms with E-state index in [1.165, 1.54) is 0 Å². The van der Waals surface area contributed by atoms with Gasteiger partial charge in [-0.25, -0.2) is 0 Å². The Balaban J connectivity index is 0.